The highest BCUT2D eigenvalue weighted by Crippen LogP contribution is 2.36. The number of amidine groups is 1. The van der Waals surface area contributed by atoms with E-state index in [1.54, 1.807) is 10.6 Å². The second-order valence-corrected chi connectivity index (χ2v) is 11.4. The molecule has 1 aliphatic heterocycles. The van der Waals surface area contributed by atoms with Gasteiger partial charge in [-0.25, -0.2) is 9.98 Å². The molecule has 1 unspecified atom stereocenters. The molecule has 3 heterocycles. The summed E-state index contributed by atoms with van der Waals surface area (Å²) in [5.41, 5.74) is 2.58. The van der Waals surface area contributed by atoms with E-state index in [9.17, 15) is 14.7 Å². The number of Topliss-reactive ketones (excluding diaryl/α,β-unsaturated/α-hetero) is 1. The number of pyridine rings is 2. The van der Waals surface area contributed by atoms with Crippen molar-refractivity contribution in [3.8, 4) is 0 Å². The van der Waals surface area contributed by atoms with Gasteiger partial charge in [-0.2, -0.15) is 0 Å². The van der Waals surface area contributed by atoms with Gasteiger partial charge in [-0.3, -0.25) is 14.2 Å². The van der Waals surface area contributed by atoms with E-state index in [0.29, 0.717) is 23.1 Å². The second kappa shape index (κ2) is 13.5. The Morgan fingerprint density at radius 3 is 2.50 bits per heavy atom. The predicted octanol–water partition coefficient (Wildman–Crippen LogP) is 5.87. The van der Waals surface area contributed by atoms with Gasteiger partial charge in [0.2, 0.25) is 0 Å². The van der Waals surface area contributed by atoms with Gasteiger partial charge in [0.25, 0.3) is 5.56 Å². The maximum absolute atomic E-state index is 13.7. The molecule has 1 saturated heterocycles. The van der Waals surface area contributed by atoms with Crippen molar-refractivity contribution in [3.63, 3.8) is 0 Å². The minimum absolute atomic E-state index is 0.0167. The first-order valence-electron chi connectivity index (χ1n) is 14.9. The molecule has 1 aliphatic carbocycles. The van der Waals surface area contributed by atoms with Crippen LogP contribution >= 0.6 is 0 Å². The van der Waals surface area contributed by atoms with E-state index in [2.05, 4.69) is 36.7 Å². The second-order valence-electron chi connectivity index (χ2n) is 11.4. The van der Waals surface area contributed by atoms with E-state index in [1.165, 1.54) is 12.5 Å². The molecule has 1 atom stereocenters. The normalized spacial score (nSPS) is 18.2. The molecule has 216 valence electrons. The lowest BCUT2D eigenvalue weighted by Gasteiger charge is -2.31. The number of nitrogens with zero attached hydrogens (tertiary/aromatic N) is 4. The molecule has 8 heteroatoms. The van der Waals surface area contributed by atoms with Crippen molar-refractivity contribution in [2.75, 3.05) is 31.6 Å². The third-order valence-corrected chi connectivity index (χ3v) is 8.75. The van der Waals surface area contributed by atoms with Gasteiger partial charge < -0.3 is 15.3 Å². The Morgan fingerprint density at radius 1 is 1.25 bits per heavy atom. The Bertz CT molecular complexity index is 1280. The molecule has 2 fully saturated rings. The number of carbonyl (C=O) groups is 1. The zero-order chi connectivity index (χ0) is 28.8. The van der Waals surface area contributed by atoms with Crippen molar-refractivity contribution in [2.24, 2.45) is 10.9 Å². The molecule has 2 N–H and O–H groups in total. The highest BCUT2D eigenvalue weighted by atomic mass is 16.3. The number of likely N-dealkylation sites (tertiary alicyclic amines) is 1. The third kappa shape index (κ3) is 6.44. The highest BCUT2D eigenvalue weighted by Gasteiger charge is 2.28. The number of aliphatic imine (C=N–C) groups is 1. The van der Waals surface area contributed by atoms with Gasteiger partial charge in [0.15, 0.2) is 5.78 Å². The SMILES string of the molecule is C=Cc1c(C)c(C(C)=O)c(=O)n(C2CCCC2)c1N=C(Nc1ccc(C2CCN(CCO)CC2)cn1)C(C)CC. The molecule has 0 aromatic carbocycles. The maximum atomic E-state index is 13.7. The molecule has 2 aliphatic rings. The lowest BCUT2D eigenvalue weighted by Crippen LogP contribution is -2.34. The number of carbonyl (C=O) groups excluding carboxylic acids is 1. The van der Waals surface area contributed by atoms with Gasteiger partial charge in [-0.15, -0.1) is 0 Å². The van der Waals surface area contributed by atoms with Crippen LogP contribution in [0, 0.1) is 12.8 Å². The van der Waals surface area contributed by atoms with Gasteiger partial charge in [0.1, 0.15) is 17.5 Å². The van der Waals surface area contributed by atoms with Gasteiger partial charge in [-0.1, -0.05) is 45.4 Å². The van der Waals surface area contributed by atoms with Gasteiger partial charge in [-0.05, 0) is 82.2 Å². The van der Waals surface area contributed by atoms with Crippen molar-refractivity contribution < 1.29 is 9.90 Å². The van der Waals surface area contributed by atoms with Crippen LogP contribution in [0.25, 0.3) is 6.08 Å². The standard InChI is InChI=1S/C32H45N5O3/c1-6-21(3)30(34-28-13-12-25(20-33-28)24-14-16-36(17-15-24)18-19-38)35-31-27(7-2)22(4)29(23(5)39)32(40)37(31)26-10-8-9-11-26/h7,12-13,20-21,24,26,38H,2,6,8-11,14-19H2,1,3-5H3,(H,33,34,35). The average Bonchev–Trinajstić information content (AvgIpc) is 3.48. The summed E-state index contributed by atoms with van der Waals surface area (Å²) >= 11 is 0. The summed E-state index contributed by atoms with van der Waals surface area (Å²) in [7, 11) is 0. The molecule has 4 rings (SSSR count). The third-order valence-electron chi connectivity index (χ3n) is 8.75. The first kappa shape index (κ1) is 29.9. The number of ketones is 1. The molecule has 8 nitrogen and oxygen atoms in total. The molecular weight excluding hydrogens is 502 g/mol. The van der Waals surface area contributed by atoms with Crippen molar-refractivity contribution in [2.45, 2.75) is 84.6 Å². The number of rotatable bonds is 10. The smallest absolute Gasteiger partial charge is 0.263 e. The number of piperidine rings is 1. The first-order chi connectivity index (χ1) is 19.3. The van der Waals surface area contributed by atoms with Crippen LogP contribution in [0.5, 0.6) is 0 Å². The molecule has 0 spiro atoms. The van der Waals surface area contributed by atoms with E-state index in [1.807, 2.05) is 19.2 Å². The predicted molar refractivity (Wildman–Crippen MR) is 163 cm³/mol. The Hall–Kier alpha value is -3.10. The summed E-state index contributed by atoms with van der Waals surface area (Å²) in [5, 5.41) is 12.7. The Morgan fingerprint density at radius 2 is 1.95 bits per heavy atom. The number of β-amino-alcohol motifs (C(OH)–C–C–N with tert-alkyl or cyclic N) is 1. The Labute approximate surface area is 238 Å². The van der Waals surface area contributed by atoms with Crippen LogP contribution in [0.3, 0.4) is 0 Å². The number of hydrogen-bond acceptors (Lipinski definition) is 6. The molecule has 2 aromatic heterocycles. The number of aromatic nitrogens is 2. The van der Waals surface area contributed by atoms with E-state index in [0.717, 1.165) is 76.0 Å². The van der Waals surface area contributed by atoms with E-state index >= 15 is 0 Å². The molecule has 0 radical (unpaired) electrons. The van der Waals surface area contributed by atoms with Crippen LogP contribution in [-0.4, -0.2) is 57.4 Å². The topological polar surface area (TPSA) is 99.8 Å². The number of hydrogen-bond donors (Lipinski definition) is 2. The van der Waals surface area contributed by atoms with Gasteiger partial charge >= 0.3 is 0 Å². The number of aliphatic hydroxyl groups excluding tert-OH is 1. The van der Waals surface area contributed by atoms with Crippen molar-refractivity contribution in [1.29, 1.82) is 0 Å². The van der Waals surface area contributed by atoms with Crippen LogP contribution in [0.4, 0.5) is 11.6 Å². The minimum Gasteiger partial charge on any atom is -0.395 e. The quantitative estimate of drug-likeness (QED) is 0.219. The lowest BCUT2D eigenvalue weighted by molar-refractivity contribution is 0.101. The fourth-order valence-corrected chi connectivity index (χ4v) is 6.14. The zero-order valence-electron chi connectivity index (χ0n) is 24.6. The molecule has 2 aromatic rings. The fraction of sp³-hybridized carbons (Fsp3) is 0.562. The van der Waals surface area contributed by atoms with Crippen LogP contribution < -0.4 is 10.9 Å². The lowest BCUT2D eigenvalue weighted by atomic mass is 9.90. The van der Waals surface area contributed by atoms with Crippen molar-refractivity contribution in [3.05, 3.63) is 57.5 Å². The highest BCUT2D eigenvalue weighted by molar-refractivity contribution is 5.99. The Kier molecular flexibility index (Phi) is 10.1. The zero-order valence-corrected chi connectivity index (χ0v) is 24.6. The number of aliphatic hydroxyl groups is 1. The summed E-state index contributed by atoms with van der Waals surface area (Å²) in [6.07, 6.45) is 10.6. The summed E-state index contributed by atoms with van der Waals surface area (Å²) < 4.78 is 1.76. The fourth-order valence-electron chi connectivity index (χ4n) is 6.14. The maximum Gasteiger partial charge on any atom is 0.263 e. The summed E-state index contributed by atoms with van der Waals surface area (Å²) in [6.45, 7) is 14.5. The summed E-state index contributed by atoms with van der Waals surface area (Å²) in [6, 6.07) is 4.17. The number of nitrogens with one attached hydrogen (secondary N) is 1. The van der Waals surface area contributed by atoms with E-state index in [4.69, 9.17) is 9.98 Å². The summed E-state index contributed by atoms with van der Waals surface area (Å²) in [4.78, 5) is 38.4. The van der Waals surface area contributed by atoms with Gasteiger partial charge in [0, 0.05) is 30.3 Å². The van der Waals surface area contributed by atoms with Crippen LogP contribution in [0.1, 0.15) is 105 Å². The first-order valence-corrected chi connectivity index (χ1v) is 14.9. The monoisotopic (exact) mass is 547 g/mol. The van der Waals surface area contributed by atoms with E-state index < -0.39 is 0 Å². The minimum atomic E-state index is -0.253. The molecule has 0 bridgehead atoms. The average molecular weight is 548 g/mol. The Balaban J connectivity index is 1.69. The van der Waals surface area contributed by atoms with Crippen LogP contribution in [0.15, 0.2) is 34.7 Å². The molecule has 0 amide bonds. The largest absolute Gasteiger partial charge is 0.395 e. The van der Waals surface area contributed by atoms with Crippen molar-refractivity contribution in [1.82, 2.24) is 14.5 Å². The van der Waals surface area contributed by atoms with Crippen LogP contribution in [-0.2, 0) is 0 Å². The van der Waals surface area contributed by atoms with E-state index in [-0.39, 0.29) is 35.5 Å². The molecular formula is C32H45N5O3. The van der Waals surface area contributed by atoms with Gasteiger partial charge in [0.05, 0.1) is 12.2 Å². The van der Waals surface area contributed by atoms with Crippen LogP contribution in [0.2, 0.25) is 0 Å². The van der Waals surface area contributed by atoms with Crippen molar-refractivity contribution >= 4 is 29.3 Å². The summed E-state index contributed by atoms with van der Waals surface area (Å²) in [5.74, 6) is 2.37. The number of anilines is 1. The molecule has 1 saturated carbocycles. The molecule has 40 heavy (non-hydrogen) atoms.